The van der Waals surface area contributed by atoms with Crippen LogP contribution in [-0.4, -0.2) is 15.8 Å². The zero-order valence-electron chi connectivity index (χ0n) is 44.2. The van der Waals surface area contributed by atoms with Gasteiger partial charge in [-0.2, -0.15) is 0 Å². The Hall–Kier alpha value is -8.86. The van der Waals surface area contributed by atoms with Gasteiger partial charge in [-0.05, 0) is 169 Å². The molecule has 2 heterocycles. The van der Waals surface area contributed by atoms with Crippen LogP contribution in [-0.2, 0) is 4.74 Å². The van der Waals surface area contributed by atoms with E-state index in [0.717, 1.165) is 108 Å². The molecule has 0 bridgehead atoms. The Morgan fingerprint density at radius 2 is 1.38 bits per heavy atom. The molecule has 1 N–H and O–H groups in total. The van der Waals surface area contributed by atoms with Gasteiger partial charge in [0, 0.05) is 56.9 Å². The van der Waals surface area contributed by atoms with Gasteiger partial charge in [0.05, 0.1) is 16.8 Å². The van der Waals surface area contributed by atoms with Crippen LogP contribution >= 0.6 is 0 Å². The predicted octanol–water partition coefficient (Wildman–Crippen LogP) is 19.1. The summed E-state index contributed by atoms with van der Waals surface area (Å²) in [7, 11) is 0. The number of phenolic OH excluding ortho intramolecular Hbond substituents is 1. The molecule has 1 aliphatic heterocycles. The number of anilines is 1. The van der Waals surface area contributed by atoms with E-state index in [4.69, 9.17) is 4.74 Å². The van der Waals surface area contributed by atoms with Gasteiger partial charge in [0.1, 0.15) is 11.9 Å². The number of hydrogen-bond acceptors (Lipinski definition) is 3. The monoisotopic (exact) mass is 991 g/mol. The summed E-state index contributed by atoms with van der Waals surface area (Å²) in [6.45, 7) is 26.0. The van der Waals surface area contributed by atoms with Crippen molar-refractivity contribution in [3.63, 3.8) is 0 Å². The normalized spacial score (nSPS) is 18.8. The number of hydrogen-bond donors (Lipinski definition) is 1. The molecular weight excluding hydrogens is 925 g/mol. The third kappa shape index (κ3) is 10.3. The molecule has 6 aromatic carbocycles. The second kappa shape index (κ2) is 22.3. The van der Waals surface area contributed by atoms with Crippen LogP contribution in [0, 0.1) is 17.8 Å². The fourth-order valence-electron chi connectivity index (χ4n) is 11.0. The van der Waals surface area contributed by atoms with E-state index >= 15 is 0 Å². The van der Waals surface area contributed by atoms with E-state index < -0.39 is 0 Å². The molecule has 7 aromatic rings. The van der Waals surface area contributed by atoms with Gasteiger partial charge in [-0.1, -0.05) is 171 Å². The molecule has 0 spiro atoms. The molecule has 76 heavy (non-hydrogen) atoms. The molecule has 3 aliphatic rings. The molecule has 0 radical (unpaired) electrons. The van der Waals surface area contributed by atoms with Gasteiger partial charge < -0.3 is 19.3 Å². The number of aromatic nitrogens is 1. The number of para-hydroxylation sites is 1. The lowest BCUT2D eigenvalue weighted by Gasteiger charge is -2.30. The van der Waals surface area contributed by atoms with Crippen LogP contribution in [0.4, 0.5) is 5.69 Å². The van der Waals surface area contributed by atoms with Gasteiger partial charge in [-0.3, -0.25) is 0 Å². The SMILES string of the molecule is C=CCC1C(=C)OC2C=CC(c3ccc4c(c3)c3cc(-c5cccc(-c6ccccc6O)c5)ccc3n4C(=C)C=CC(=C)C(C)=CC=C(C)N(C3=CCC(C(C=CC)=CC)C=C3)c3ccc(-c4ccccc4)cc3)=CC21. The van der Waals surface area contributed by atoms with Gasteiger partial charge in [0.25, 0.3) is 0 Å². The van der Waals surface area contributed by atoms with E-state index in [-0.39, 0.29) is 23.7 Å². The molecule has 2 aliphatic carbocycles. The molecule has 1 saturated heterocycles. The number of allylic oxidation sites excluding steroid dienone is 19. The average Bonchev–Trinajstić information content (AvgIpc) is 3.98. The lowest BCUT2D eigenvalue weighted by atomic mass is 9.81. The number of phenols is 1. The van der Waals surface area contributed by atoms with Gasteiger partial charge in [-0.25, -0.2) is 0 Å². The largest absolute Gasteiger partial charge is 0.507 e. The third-order valence-electron chi connectivity index (χ3n) is 15.2. The fourth-order valence-corrected chi connectivity index (χ4v) is 11.0. The maximum atomic E-state index is 10.8. The summed E-state index contributed by atoms with van der Waals surface area (Å²) in [4.78, 5) is 2.35. The second-order valence-corrected chi connectivity index (χ2v) is 20.0. The number of rotatable bonds is 16. The van der Waals surface area contributed by atoms with Crippen LogP contribution < -0.4 is 4.90 Å². The van der Waals surface area contributed by atoms with Crippen LogP contribution in [0.1, 0.15) is 46.1 Å². The Balaban J connectivity index is 0.968. The number of nitrogens with zero attached hydrogens (tertiary/aromatic N) is 2. The number of benzene rings is 6. The quantitative estimate of drug-likeness (QED) is 0.0774. The van der Waals surface area contributed by atoms with Crippen LogP contribution in [0.3, 0.4) is 0 Å². The predicted molar refractivity (Wildman–Crippen MR) is 324 cm³/mol. The lowest BCUT2D eigenvalue weighted by molar-refractivity contribution is 0.186. The highest BCUT2D eigenvalue weighted by Gasteiger charge is 2.39. The molecule has 1 fully saturated rings. The molecule has 376 valence electrons. The average molecular weight is 991 g/mol. The topological polar surface area (TPSA) is 37.6 Å². The molecule has 4 unspecified atom stereocenters. The third-order valence-corrected chi connectivity index (χ3v) is 15.2. The van der Waals surface area contributed by atoms with Crippen molar-refractivity contribution in [3.8, 4) is 39.1 Å². The first-order valence-electron chi connectivity index (χ1n) is 26.4. The summed E-state index contributed by atoms with van der Waals surface area (Å²) >= 11 is 0. The first kappa shape index (κ1) is 50.7. The van der Waals surface area contributed by atoms with Crippen LogP contribution in [0.2, 0.25) is 0 Å². The van der Waals surface area contributed by atoms with E-state index in [1.807, 2.05) is 30.3 Å². The summed E-state index contributed by atoms with van der Waals surface area (Å²) in [5.74, 6) is 1.81. The molecule has 0 saturated carbocycles. The molecule has 4 atom stereocenters. The Morgan fingerprint density at radius 3 is 2.09 bits per heavy atom. The van der Waals surface area contributed by atoms with Crippen LogP contribution in [0.25, 0.3) is 66.5 Å². The molecule has 4 heteroatoms. The van der Waals surface area contributed by atoms with Crippen molar-refractivity contribution in [1.82, 2.24) is 4.57 Å². The van der Waals surface area contributed by atoms with Crippen molar-refractivity contribution in [2.75, 3.05) is 4.90 Å². The van der Waals surface area contributed by atoms with Gasteiger partial charge in [0.15, 0.2) is 0 Å². The highest BCUT2D eigenvalue weighted by molar-refractivity contribution is 6.12. The zero-order chi connectivity index (χ0) is 52.9. The molecule has 0 amide bonds. The lowest BCUT2D eigenvalue weighted by Crippen LogP contribution is -2.21. The van der Waals surface area contributed by atoms with Crippen LogP contribution in [0.5, 0.6) is 5.75 Å². The Bertz CT molecular complexity index is 3710. The van der Waals surface area contributed by atoms with Crippen molar-refractivity contribution < 1.29 is 9.84 Å². The maximum Gasteiger partial charge on any atom is 0.124 e. The molecule has 10 rings (SSSR count). The van der Waals surface area contributed by atoms with E-state index in [1.165, 1.54) is 16.7 Å². The Morgan fingerprint density at radius 1 is 0.711 bits per heavy atom. The zero-order valence-corrected chi connectivity index (χ0v) is 44.2. The van der Waals surface area contributed by atoms with Crippen molar-refractivity contribution in [1.29, 1.82) is 0 Å². The number of aromatic hydroxyl groups is 1. The van der Waals surface area contributed by atoms with Gasteiger partial charge in [-0.15, -0.1) is 6.58 Å². The van der Waals surface area contributed by atoms with Crippen molar-refractivity contribution in [2.45, 2.75) is 46.6 Å². The van der Waals surface area contributed by atoms with Crippen LogP contribution in [0.15, 0.2) is 285 Å². The minimum atomic E-state index is -0.0185. The summed E-state index contributed by atoms with van der Waals surface area (Å²) < 4.78 is 8.46. The summed E-state index contributed by atoms with van der Waals surface area (Å²) in [6.07, 6.45) is 32.4. The van der Waals surface area contributed by atoms with E-state index in [2.05, 4.69) is 252 Å². The summed E-state index contributed by atoms with van der Waals surface area (Å²) in [5.41, 5.74) is 18.1. The maximum absolute atomic E-state index is 10.8. The van der Waals surface area contributed by atoms with E-state index in [0.29, 0.717) is 5.92 Å². The molecule has 1 aromatic heterocycles. The minimum absolute atomic E-state index is 0.0185. The van der Waals surface area contributed by atoms with E-state index in [1.54, 1.807) is 6.07 Å². The fraction of sp³-hybridized carbons (Fsp3) is 0.139. The van der Waals surface area contributed by atoms with Gasteiger partial charge in [0.2, 0.25) is 0 Å². The van der Waals surface area contributed by atoms with E-state index in [9.17, 15) is 5.11 Å². The highest BCUT2D eigenvalue weighted by Crippen LogP contribution is 2.44. The van der Waals surface area contributed by atoms with Crippen molar-refractivity contribution in [3.05, 3.63) is 290 Å². The first-order chi connectivity index (χ1) is 37.0. The Kier molecular flexibility index (Phi) is 14.9. The molecule has 4 nitrogen and oxygen atoms in total. The van der Waals surface area contributed by atoms with Crippen molar-refractivity contribution in [2.24, 2.45) is 17.8 Å². The summed E-state index contributed by atoms with van der Waals surface area (Å²) in [6, 6.07) is 48.7. The number of ether oxygens (including phenoxy) is 1. The highest BCUT2D eigenvalue weighted by atomic mass is 16.5. The number of fused-ring (bicyclic) bond motifs is 4. The standard InChI is InChI=1S/C72H66N2O2/c1-9-18-53(11-3)55-30-37-62(38-31-55)73(63-39-32-56(33-40-63)54-20-13-12-14-21-54)50(6)28-26-48(4)49(5)27-29-51(7)74-69-41-34-58(57-22-17-23-61(44-57)65-24-15-16-25-71(65)75)45-66(69)67-46-59(35-42-70(67)74)60-36-43-72-68(47-60)64(19-10-2)52(8)76-72/h9-18,20-30,32-47,55,64,68,72,75H,2,5,7-8,19,31H2,1,3-4,6H3. The minimum Gasteiger partial charge on any atom is -0.507 e. The Labute approximate surface area is 449 Å². The van der Waals surface area contributed by atoms with Gasteiger partial charge >= 0.3 is 0 Å². The summed E-state index contributed by atoms with van der Waals surface area (Å²) in [5, 5.41) is 13.0. The second-order valence-electron chi connectivity index (χ2n) is 20.0. The molecular formula is C72H66N2O2. The van der Waals surface area contributed by atoms with Crippen molar-refractivity contribution >= 4 is 38.8 Å². The first-order valence-corrected chi connectivity index (χ1v) is 26.4. The smallest absolute Gasteiger partial charge is 0.124 e.